The zero-order valence-corrected chi connectivity index (χ0v) is 17.3. The summed E-state index contributed by atoms with van der Waals surface area (Å²) in [6.07, 6.45) is 4.27. The third-order valence-electron chi connectivity index (χ3n) is 5.27. The first-order valence-electron chi connectivity index (χ1n) is 10.2. The quantitative estimate of drug-likeness (QED) is 0.584. The molecule has 1 aliphatic carbocycles. The molecule has 0 atom stereocenters. The lowest BCUT2D eigenvalue weighted by Crippen LogP contribution is -2.27. The number of aryl methyl sites for hydroxylation is 1. The first kappa shape index (κ1) is 20.2. The Morgan fingerprint density at radius 3 is 2.43 bits per heavy atom. The molecule has 5 nitrogen and oxygen atoms in total. The summed E-state index contributed by atoms with van der Waals surface area (Å²) in [6.45, 7) is 0.479. The largest absolute Gasteiger partial charge is 0.444 e. The number of anilines is 1. The van der Waals surface area contributed by atoms with E-state index in [4.69, 9.17) is 16.0 Å². The summed E-state index contributed by atoms with van der Waals surface area (Å²) in [6, 6.07) is 16.5. The summed E-state index contributed by atoms with van der Waals surface area (Å²) in [7, 11) is 0. The van der Waals surface area contributed by atoms with Crippen LogP contribution in [0.15, 0.2) is 59.0 Å². The van der Waals surface area contributed by atoms with Gasteiger partial charge >= 0.3 is 0 Å². The molecule has 0 saturated heterocycles. The molecule has 6 heteroatoms. The highest BCUT2D eigenvalue weighted by Crippen LogP contribution is 2.33. The van der Waals surface area contributed by atoms with Crippen LogP contribution in [0.3, 0.4) is 0 Å². The van der Waals surface area contributed by atoms with E-state index in [1.807, 2.05) is 30.3 Å². The van der Waals surface area contributed by atoms with Crippen molar-refractivity contribution in [2.24, 2.45) is 0 Å². The number of carbonyl (C=O) groups excluding carboxylic acids is 2. The van der Waals surface area contributed by atoms with Crippen molar-refractivity contribution in [1.82, 2.24) is 5.32 Å². The van der Waals surface area contributed by atoms with Gasteiger partial charge in [-0.2, -0.15) is 0 Å². The monoisotopic (exact) mass is 422 g/mol. The fourth-order valence-electron chi connectivity index (χ4n) is 3.72. The van der Waals surface area contributed by atoms with Crippen LogP contribution in [0.2, 0.25) is 5.02 Å². The molecular weight excluding hydrogens is 400 g/mol. The Balaban J connectivity index is 1.50. The van der Waals surface area contributed by atoms with E-state index in [9.17, 15) is 9.59 Å². The highest BCUT2D eigenvalue weighted by molar-refractivity contribution is 6.30. The molecule has 0 radical (unpaired) electrons. The van der Waals surface area contributed by atoms with Crippen LogP contribution >= 0.6 is 11.6 Å². The van der Waals surface area contributed by atoms with Gasteiger partial charge in [0.1, 0.15) is 11.3 Å². The third kappa shape index (κ3) is 4.57. The second-order valence-corrected chi connectivity index (χ2v) is 7.80. The van der Waals surface area contributed by atoms with Crippen molar-refractivity contribution >= 4 is 29.3 Å². The molecule has 2 aromatic carbocycles. The lowest BCUT2D eigenvalue weighted by Gasteiger charge is -2.11. The van der Waals surface area contributed by atoms with Crippen LogP contribution in [0.4, 0.5) is 5.88 Å². The number of halogens is 1. The van der Waals surface area contributed by atoms with Crippen molar-refractivity contribution in [1.29, 1.82) is 0 Å². The van der Waals surface area contributed by atoms with Crippen LogP contribution in [0.25, 0.3) is 0 Å². The summed E-state index contributed by atoms with van der Waals surface area (Å²) >= 11 is 5.92. The number of carbonyl (C=O) groups is 2. The van der Waals surface area contributed by atoms with Crippen molar-refractivity contribution in [2.45, 2.75) is 32.1 Å². The van der Waals surface area contributed by atoms with Crippen molar-refractivity contribution in [3.05, 3.63) is 87.6 Å². The van der Waals surface area contributed by atoms with E-state index < -0.39 is 0 Å². The van der Waals surface area contributed by atoms with E-state index in [2.05, 4.69) is 10.6 Å². The van der Waals surface area contributed by atoms with E-state index in [-0.39, 0.29) is 17.7 Å². The maximum Gasteiger partial charge on any atom is 0.257 e. The molecule has 0 spiro atoms. The maximum absolute atomic E-state index is 13.0. The molecule has 2 amide bonds. The van der Waals surface area contributed by atoms with Gasteiger partial charge in [0.2, 0.25) is 5.88 Å². The first-order chi connectivity index (χ1) is 14.6. The number of benzene rings is 2. The minimum atomic E-state index is -0.295. The van der Waals surface area contributed by atoms with Crippen molar-refractivity contribution in [3.63, 3.8) is 0 Å². The predicted molar refractivity (Wildman–Crippen MR) is 117 cm³/mol. The highest BCUT2D eigenvalue weighted by Gasteiger charge is 2.28. The number of furan rings is 1. The van der Waals surface area contributed by atoms with Crippen LogP contribution in [0.5, 0.6) is 0 Å². The zero-order chi connectivity index (χ0) is 20.9. The standard InChI is InChI=1S/C24H23ClN2O3/c25-18-12-10-16(11-13-18)14-15-26-23(29)21-19-8-4-5-9-20(19)30-24(21)27-22(28)17-6-2-1-3-7-17/h1-3,6-7,10-13H,4-5,8-9,14-15H2,(H,26,29)(H,27,28). The fourth-order valence-corrected chi connectivity index (χ4v) is 3.84. The summed E-state index contributed by atoms with van der Waals surface area (Å²) in [4.78, 5) is 25.6. The van der Waals surface area contributed by atoms with Crippen molar-refractivity contribution in [2.75, 3.05) is 11.9 Å². The molecule has 0 bridgehead atoms. The SMILES string of the molecule is O=C(Nc1oc2c(c1C(=O)NCCc1ccc(Cl)cc1)CCCC2)c1ccccc1. The van der Waals surface area contributed by atoms with Gasteiger partial charge in [-0.05, 0) is 55.5 Å². The minimum Gasteiger partial charge on any atom is -0.444 e. The molecule has 3 aromatic rings. The van der Waals surface area contributed by atoms with Gasteiger partial charge in [0.05, 0.1) is 0 Å². The van der Waals surface area contributed by atoms with Gasteiger partial charge in [-0.15, -0.1) is 0 Å². The van der Waals surface area contributed by atoms with Crippen molar-refractivity contribution < 1.29 is 14.0 Å². The zero-order valence-electron chi connectivity index (χ0n) is 16.5. The molecular formula is C24H23ClN2O3. The van der Waals surface area contributed by atoms with E-state index in [0.717, 1.165) is 42.6 Å². The Kier molecular flexibility index (Phi) is 6.19. The topological polar surface area (TPSA) is 71.3 Å². The number of amides is 2. The second-order valence-electron chi connectivity index (χ2n) is 7.37. The third-order valence-corrected chi connectivity index (χ3v) is 5.53. The lowest BCUT2D eigenvalue weighted by molar-refractivity contribution is 0.0953. The van der Waals surface area contributed by atoms with Crippen LogP contribution in [-0.4, -0.2) is 18.4 Å². The molecule has 0 unspecified atom stereocenters. The van der Waals surface area contributed by atoms with Crippen LogP contribution < -0.4 is 10.6 Å². The predicted octanol–water partition coefficient (Wildman–Crippen LogP) is 5.04. The summed E-state index contributed by atoms with van der Waals surface area (Å²) in [5.74, 6) is 0.517. The molecule has 1 heterocycles. The van der Waals surface area contributed by atoms with Gasteiger partial charge in [-0.3, -0.25) is 14.9 Å². The summed E-state index contributed by atoms with van der Waals surface area (Å²) < 4.78 is 5.92. The summed E-state index contributed by atoms with van der Waals surface area (Å²) in [5, 5.41) is 6.45. The van der Waals surface area contributed by atoms with Gasteiger partial charge < -0.3 is 9.73 Å². The molecule has 0 saturated carbocycles. The Morgan fingerprint density at radius 1 is 0.933 bits per heavy atom. The average Bonchev–Trinajstić information content (AvgIpc) is 3.13. The lowest BCUT2D eigenvalue weighted by atomic mass is 9.95. The molecule has 0 aliphatic heterocycles. The van der Waals surface area contributed by atoms with E-state index in [1.165, 1.54) is 0 Å². The Morgan fingerprint density at radius 2 is 1.67 bits per heavy atom. The number of hydrogen-bond acceptors (Lipinski definition) is 3. The molecule has 1 aromatic heterocycles. The molecule has 154 valence electrons. The number of rotatable bonds is 6. The van der Waals surface area contributed by atoms with E-state index >= 15 is 0 Å². The Labute approximate surface area is 180 Å². The number of fused-ring (bicyclic) bond motifs is 1. The molecule has 1 aliphatic rings. The molecule has 2 N–H and O–H groups in total. The summed E-state index contributed by atoms with van der Waals surface area (Å²) in [5.41, 5.74) is 2.96. The molecule has 30 heavy (non-hydrogen) atoms. The van der Waals surface area contributed by atoms with Gasteiger partial charge in [0.15, 0.2) is 0 Å². The Hall–Kier alpha value is -3.05. The second kappa shape index (κ2) is 9.18. The maximum atomic E-state index is 13.0. The van der Waals surface area contributed by atoms with Gasteiger partial charge in [-0.1, -0.05) is 41.9 Å². The van der Waals surface area contributed by atoms with Gasteiger partial charge in [0.25, 0.3) is 11.8 Å². The smallest absolute Gasteiger partial charge is 0.257 e. The van der Waals surface area contributed by atoms with Crippen LogP contribution in [-0.2, 0) is 19.3 Å². The van der Waals surface area contributed by atoms with Crippen LogP contribution in [0, 0.1) is 0 Å². The average molecular weight is 423 g/mol. The molecule has 0 fully saturated rings. The van der Waals surface area contributed by atoms with E-state index in [1.54, 1.807) is 24.3 Å². The van der Waals surface area contributed by atoms with Gasteiger partial charge in [-0.25, -0.2) is 0 Å². The first-order valence-corrected chi connectivity index (χ1v) is 10.5. The minimum absolute atomic E-state index is 0.223. The van der Waals surface area contributed by atoms with Crippen LogP contribution in [0.1, 0.15) is 50.4 Å². The van der Waals surface area contributed by atoms with Crippen molar-refractivity contribution in [3.8, 4) is 0 Å². The highest BCUT2D eigenvalue weighted by atomic mass is 35.5. The number of nitrogens with one attached hydrogen (secondary N) is 2. The number of hydrogen-bond donors (Lipinski definition) is 2. The molecule has 4 rings (SSSR count). The van der Waals surface area contributed by atoms with Gasteiger partial charge in [0, 0.05) is 29.1 Å². The normalized spacial score (nSPS) is 12.8. The fraction of sp³-hybridized carbons (Fsp3) is 0.250. The Bertz CT molecular complexity index is 1040. The van der Waals surface area contributed by atoms with E-state index in [0.29, 0.717) is 29.1 Å².